The molecule has 2 fully saturated rings. The van der Waals surface area contributed by atoms with Crippen molar-refractivity contribution in [1.82, 2.24) is 0 Å². The molecule has 2 saturated carbocycles. The van der Waals surface area contributed by atoms with Crippen molar-refractivity contribution in [2.75, 3.05) is 0 Å². The monoisotopic (exact) mass is 439 g/mol. The Labute approximate surface area is 158 Å². The molecule has 0 aliphatic heterocycles. The molecule has 2 aliphatic rings. The van der Waals surface area contributed by atoms with Gasteiger partial charge in [-0.1, -0.05) is 80.6 Å². The minimum absolute atomic E-state index is 0.0402. The first-order chi connectivity index (χ1) is 11.9. The molecular formula is C18H26BBrF4P-. The average Bonchev–Trinajstić information content (AvgIpc) is 2.57. The zero-order valence-electron chi connectivity index (χ0n) is 14.4. The maximum Gasteiger partial charge on any atom is 0.673 e. The van der Waals surface area contributed by atoms with E-state index in [1.54, 1.807) is 5.30 Å². The second-order valence-corrected chi connectivity index (χ2v) is 10.5. The third-order valence-electron chi connectivity index (χ3n) is 5.07. The Morgan fingerprint density at radius 1 is 0.760 bits per heavy atom. The van der Waals surface area contributed by atoms with E-state index >= 15 is 0 Å². The highest BCUT2D eigenvalue weighted by Gasteiger charge is 2.33. The zero-order chi connectivity index (χ0) is 18.3. The fourth-order valence-electron chi connectivity index (χ4n) is 4.07. The lowest BCUT2D eigenvalue weighted by atomic mass is 9.99. The normalized spacial score (nSPS) is 20.2. The third-order valence-corrected chi connectivity index (χ3v) is 9.62. The molecule has 0 aromatic heterocycles. The summed E-state index contributed by atoms with van der Waals surface area (Å²) >= 11 is 3.85. The first-order valence-corrected chi connectivity index (χ1v) is 11.5. The fraction of sp³-hybridized carbons (Fsp3) is 0.667. The summed E-state index contributed by atoms with van der Waals surface area (Å²) in [6, 6.07) is 9.10. The van der Waals surface area contributed by atoms with Gasteiger partial charge in [0.1, 0.15) is 0 Å². The van der Waals surface area contributed by atoms with E-state index in [1.807, 2.05) is 0 Å². The van der Waals surface area contributed by atoms with Crippen LogP contribution in [0.4, 0.5) is 17.3 Å². The van der Waals surface area contributed by atoms with Crippen LogP contribution in [0, 0.1) is 0 Å². The molecule has 0 unspecified atom stereocenters. The Balaban J connectivity index is 0.000000399. The SMILES string of the molecule is Brc1ccccc1P(C1CCCCC1)C1CCCCC1.F[B-](F)(F)F. The minimum atomic E-state index is -6.00. The molecule has 1 aromatic carbocycles. The number of hydrogen-bond acceptors (Lipinski definition) is 0. The Morgan fingerprint density at radius 3 is 1.56 bits per heavy atom. The molecular weight excluding hydrogens is 414 g/mol. The summed E-state index contributed by atoms with van der Waals surface area (Å²) < 4.78 is 40.4. The molecule has 0 N–H and O–H groups in total. The molecule has 0 radical (unpaired) electrons. The second-order valence-electron chi connectivity index (χ2n) is 6.94. The summed E-state index contributed by atoms with van der Waals surface area (Å²) in [4.78, 5) is 0. The molecule has 0 saturated heterocycles. The lowest BCUT2D eigenvalue weighted by Crippen LogP contribution is -2.26. The highest BCUT2D eigenvalue weighted by molar-refractivity contribution is 9.10. The van der Waals surface area contributed by atoms with Crippen LogP contribution in [0.25, 0.3) is 0 Å². The molecule has 0 amide bonds. The highest BCUT2D eigenvalue weighted by Crippen LogP contribution is 2.55. The molecule has 0 atom stereocenters. The maximum atomic E-state index is 9.75. The van der Waals surface area contributed by atoms with Crippen LogP contribution in [0.5, 0.6) is 0 Å². The van der Waals surface area contributed by atoms with Gasteiger partial charge in [0.05, 0.1) is 0 Å². The molecule has 2 aliphatic carbocycles. The van der Waals surface area contributed by atoms with E-state index in [1.165, 1.54) is 68.7 Å². The van der Waals surface area contributed by atoms with Gasteiger partial charge in [-0.05, 0) is 48.4 Å². The van der Waals surface area contributed by atoms with E-state index in [0.717, 1.165) is 11.3 Å². The summed E-state index contributed by atoms with van der Waals surface area (Å²) in [6.45, 7) is 0. The van der Waals surface area contributed by atoms with Gasteiger partial charge in [0.15, 0.2) is 0 Å². The van der Waals surface area contributed by atoms with Gasteiger partial charge in [0.25, 0.3) is 0 Å². The molecule has 0 heterocycles. The van der Waals surface area contributed by atoms with Gasteiger partial charge >= 0.3 is 7.25 Å². The van der Waals surface area contributed by atoms with E-state index in [-0.39, 0.29) is 7.92 Å². The second kappa shape index (κ2) is 10.3. The predicted molar refractivity (Wildman–Crippen MR) is 105 cm³/mol. The largest absolute Gasteiger partial charge is 0.673 e. The first kappa shape index (κ1) is 21.2. The van der Waals surface area contributed by atoms with Crippen LogP contribution in [0.2, 0.25) is 0 Å². The van der Waals surface area contributed by atoms with Crippen LogP contribution in [0.15, 0.2) is 28.7 Å². The van der Waals surface area contributed by atoms with Crippen molar-refractivity contribution in [1.29, 1.82) is 0 Å². The number of benzene rings is 1. The van der Waals surface area contributed by atoms with Gasteiger partial charge in [0, 0.05) is 4.47 Å². The van der Waals surface area contributed by atoms with Crippen molar-refractivity contribution in [3.8, 4) is 0 Å². The quantitative estimate of drug-likeness (QED) is 0.259. The van der Waals surface area contributed by atoms with Crippen LogP contribution in [-0.4, -0.2) is 18.6 Å². The van der Waals surface area contributed by atoms with Crippen LogP contribution in [0.3, 0.4) is 0 Å². The van der Waals surface area contributed by atoms with Crippen molar-refractivity contribution < 1.29 is 17.3 Å². The van der Waals surface area contributed by atoms with Gasteiger partial charge < -0.3 is 17.3 Å². The van der Waals surface area contributed by atoms with Crippen molar-refractivity contribution in [3.63, 3.8) is 0 Å². The van der Waals surface area contributed by atoms with Crippen molar-refractivity contribution in [2.24, 2.45) is 0 Å². The molecule has 25 heavy (non-hydrogen) atoms. The van der Waals surface area contributed by atoms with E-state index < -0.39 is 7.25 Å². The average molecular weight is 440 g/mol. The fourth-order valence-corrected chi connectivity index (χ4v) is 8.78. The number of hydrogen-bond donors (Lipinski definition) is 0. The summed E-state index contributed by atoms with van der Waals surface area (Å²) in [5.74, 6) is 0. The first-order valence-electron chi connectivity index (χ1n) is 9.26. The third kappa shape index (κ3) is 7.58. The summed E-state index contributed by atoms with van der Waals surface area (Å²) in [5.41, 5.74) is 2.00. The van der Waals surface area contributed by atoms with Gasteiger partial charge in [-0.2, -0.15) is 0 Å². The Bertz CT molecular complexity index is 490. The topological polar surface area (TPSA) is 0 Å². The lowest BCUT2D eigenvalue weighted by molar-refractivity contribution is 0.368. The van der Waals surface area contributed by atoms with Crippen LogP contribution in [0.1, 0.15) is 64.2 Å². The molecule has 0 bridgehead atoms. The van der Waals surface area contributed by atoms with E-state index in [9.17, 15) is 17.3 Å². The van der Waals surface area contributed by atoms with E-state index in [0.29, 0.717) is 0 Å². The van der Waals surface area contributed by atoms with Crippen molar-refractivity contribution >= 4 is 36.4 Å². The molecule has 1 aromatic rings. The molecule has 0 spiro atoms. The Hall–Kier alpha value is -0.0851. The van der Waals surface area contributed by atoms with Crippen molar-refractivity contribution in [2.45, 2.75) is 75.5 Å². The molecule has 142 valence electrons. The lowest BCUT2D eigenvalue weighted by Gasteiger charge is -2.39. The van der Waals surface area contributed by atoms with Crippen molar-refractivity contribution in [3.05, 3.63) is 28.7 Å². The standard InChI is InChI=1S/C18H26BrP.BF4/c19-17-13-7-8-14-18(17)20(15-9-3-1-4-10-15)16-11-5-2-6-12-16;2-1(3,4)5/h7-8,13-16H,1-6,9-12H2;/q;-1. The van der Waals surface area contributed by atoms with Crippen LogP contribution < -0.4 is 5.30 Å². The summed E-state index contributed by atoms with van der Waals surface area (Å²) in [5, 5.41) is 1.67. The van der Waals surface area contributed by atoms with Crippen LogP contribution >= 0.6 is 23.9 Å². The predicted octanol–water partition coefficient (Wildman–Crippen LogP) is 7.52. The number of halogens is 5. The Kier molecular flexibility index (Phi) is 8.74. The number of rotatable bonds is 3. The zero-order valence-corrected chi connectivity index (χ0v) is 16.9. The Morgan fingerprint density at radius 2 is 1.16 bits per heavy atom. The van der Waals surface area contributed by atoms with Gasteiger partial charge in [-0.25, -0.2) is 0 Å². The summed E-state index contributed by atoms with van der Waals surface area (Å²) in [6.07, 6.45) is 14.8. The molecule has 0 nitrogen and oxygen atoms in total. The maximum absolute atomic E-state index is 9.75. The summed E-state index contributed by atoms with van der Waals surface area (Å²) in [7, 11) is -5.96. The highest BCUT2D eigenvalue weighted by atomic mass is 79.9. The van der Waals surface area contributed by atoms with Gasteiger partial charge in [-0.3, -0.25) is 0 Å². The van der Waals surface area contributed by atoms with E-state index in [4.69, 9.17) is 0 Å². The van der Waals surface area contributed by atoms with Crippen LogP contribution in [-0.2, 0) is 0 Å². The molecule has 3 rings (SSSR count). The molecule has 7 heteroatoms. The van der Waals surface area contributed by atoms with Gasteiger partial charge in [-0.15, -0.1) is 0 Å². The van der Waals surface area contributed by atoms with E-state index in [2.05, 4.69) is 40.2 Å². The smallest absolute Gasteiger partial charge is 0.418 e. The van der Waals surface area contributed by atoms with Gasteiger partial charge in [0.2, 0.25) is 0 Å². The minimum Gasteiger partial charge on any atom is -0.418 e.